The molecule has 10 heteroatoms. The number of sulfonamides is 1. The first kappa shape index (κ1) is 24.9. The molecule has 0 aliphatic carbocycles. The van der Waals surface area contributed by atoms with Gasteiger partial charge in [-0.2, -0.15) is 4.31 Å². The van der Waals surface area contributed by atoms with Crippen molar-refractivity contribution in [1.82, 2.24) is 13.7 Å². The molecule has 0 bridgehead atoms. The summed E-state index contributed by atoms with van der Waals surface area (Å²) in [6, 6.07) is 9.04. The molecule has 35 heavy (non-hydrogen) atoms. The van der Waals surface area contributed by atoms with Crippen LogP contribution in [-0.2, 0) is 21.4 Å². The van der Waals surface area contributed by atoms with Gasteiger partial charge in [-0.15, -0.1) is 0 Å². The van der Waals surface area contributed by atoms with E-state index >= 15 is 0 Å². The Balaban J connectivity index is 1.57. The monoisotopic (exact) mass is 499 g/mol. The number of aromatic nitrogens is 2. The highest BCUT2D eigenvalue weighted by molar-refractivity contribution is 7.89. The third-order valence-corrected chi connectivity index (χ3v) is 7.92. The average molecular weight is 500 g/mol. The van der Waals surface area contributed by atoms with Crippen molar-refractivity contribution in [2.24, 2.45) is 11.8 Å². The van der Waals surface area contributed by atoms with Gasteiger partial charge < -0.3 is 9.47 Å². The fourth-order valence-corrected chi connectivity index (χ4v) is 6.36. The van der Waals surface area contributed by atoms with Crippen LogP contribution in [0.25, 0.3) is 5.65 Å². The maximum atomic E-state index is 13.4. The predicted molar refractivity (Wildman–Crippen MR) is 130 cm³/mol. The first-order valence-electron chi connectivity index (χ1n) is 11.4. The molecule has 1 aromatic carbocycles. The molecule has 1 aliphatic rings. The van der Waals surface area contributed by atoms with E-state index in [0.717, 1.165) is 12.0 Å². The zero-order valence-corrected chi connectivity index (χ0v) is 21.0. The van der Waals surface area contributed by atoms with Crippen LogP contribution in [0.2, 0.25) is 0 Å². The highest BCUT2D eigenvalue weighted by atomic mass is 32.2. The van der Waals surface area contributed by atoms with Crippen LogP contribution in [0.5, 0.6) is 5.75 Å². The van der Waals surface area contributed by atoms with E-state index in [1.165, 1.54) is 40.1 Å². The second kappa shape index (κ2) is 9.79. The number of hydrogen-bond acceptors (Lipinski definition) is 7. The zero-order valence-electron chi connectivity index (χ0n) is 20.2. The molecule has 2 aromatic heterocycles. The Morgan fingerprint density at radius 3 is 2.51 bits per heavy atom. The van der Waals surface area contributed by atoms with E-state index in [4.69, 9.17) is 9.47 Å². The van der Waals surface area contributed by atoms with Crippen molar-refractivity contribution in [3.05, 3.63) is 69.8 Å². The molecule has 9 nitrogen and oxygen atoms in total. The van der Waals surface area contributed by atoms with Gasteiger partial charge in [-0.25, -0.2) is 18.2 Å². The lowest BCUT2D eigenvalue weighted by Gasteiger charge is -2.34. The van der Waals surface area contributed by atoms with Crippen LogP contribution in [0.4, 0.5) is 0 Å². The number of rotatable bonds is 6. The summed E-state index contributed by atoms with van der Waals surface area (Å²) in [6.45, 7) is 6.51. The van der Waals surface area contributed by atoms with Crippen LogP contribution in [0.15, 0.2) is 52.3 Å². The molecule has 1 aliphatic heterocycles. The minimum absolute atomic E-state index is 0.0654. The first-order valence-corrected chi connectivity index (χ1v) is 12.9. The van der Waals surface area contributed by atoms with Crippen molar-refractivity contribution < 1.29 is 22.7 Å². The summed E-state index contributed by atoms with van der Waals surface area (Å²) in [4.78, 5) is 29.5. The number of ether oxygens (including phenoxy) is 2. The average Bonchev–Trinajstić information content (AvgIpc) is 2.82. The second-order valence-corrected chi connectivity index (χ2v) is 11.1. The standard InChI is InChI=1S/C25H29N3O6S/c1-16-5-8-23-26-20(11-24(29)28(23)14-16)15-34-25(30)19-6-7-21(33-4)22(10-19)35(31,32)27-12-17(2)9-18(3)13-27/h5-8,10-11,14,17-18H,9,12-13,15H2,1-4H3. The minimum Gasteiger partial charge on any atom is -0.495 e. The Labute approximate surface area is 204 Å². The first-order chi connectivity index (χ1) is 16.6. The van der Waals surface area contributed by atoms with Crippen LogP contribution >= 0.6 is 0 Å². The smallest absolute Gasteiger partial charge is 0.338 e. The normalized spacial score (nSPS) is 19.0. The molecule has 1 saturated heterocycles. The molecule has 0 spiro atoms. The molecule has 1 fully saturated rings. The maximum Gasteiger partial charge on any atom is 0.338 e. The molecule has 2 atom stereocenters. The van der Waals surface area contributed by atoms with Crippen molar-refractivity contribution in [3.8, 4) is 5.75 Å². The molecule has 3 aromatic rings. The number of benzene rings is 1. The molecule has 3 heterocycles. The van der Waals surface area contributed by atoms with Gasteiger partial charge in [-0.3, -0.25) is 9.20 Å². The third-order valence-electron chi connectivity index (χ3n) is 6.06. The van der Waals surface area contributed by atoms with E-state index in [1.54, 1.807) is 12.3 Å². The van der Waals surface area contributed by atoms with Gasteiger partial charge >= 0.3 is 5.97 Å². The van der Waals surface area contributed by atoms with Gasteiger partial charge in [0.15, 0.2) is 0 Å². The third kappa shape index (κ3) is 5.23. The maximum absolute atomic E-state index is 13.4. The van der Waals surface area contributed by atoms with E-state index in [9.17, 15) is 18.0 Å². The number of carbonyl (C=O) groups excluding carboxylic acids is 1. The molecule has 186 valence electrons. The quantitative estimate of drug-likeness (QED) is 0.480. The van der Waals surface area contributed by atoms with Crippen molar-refractivity contribution in [3.63, 3.8) is 0 Å². The number of piperidine rings is 1. The Morgan fingerprint density at radius 1 is 1.11 bits per heavy atom. The number of nitrogens with zero attached hydrogens (tertiary/aromatic N) is 3. The van der Waals surface area contributed by atoms with Crippen LogP contribution in [0, 0.1) is 18.8 Å². The molecule has 2 unspecified atom stereocenters. The predicted octanol–water partition coefficient (Wildman–Crippen LogP) is 3.04. The Kier molecular flexibility index (Phi) is 6.95. The van der Waals surface area contributed by atoms with E-state index in [-0.39, 0.29) is 40.2 Å². The molecular weight excluding hydrogens is 470 g/mol. The van der Waals surface area contributed by atoms with Gasteiger partial charge in [0.25, 0.3) is 5.56 Å². The number of carbonyl (C=O) groups is 1. The van der Waals surface area contributed by atoms with Crippen molar-refractivity contribution in [2.45, 2.75) is 38.7 Å². The number of pyridine rings is 1. The molecule has 0 amide bonds. The van der Waals surface area contributed by atoms with Crippen LogP contribution in [-0.4, -0.2) is 48.3 Å². The summed E-state index contributed by atoms with van der Waals surface area (Å²) in [5.41, 5.74) is 1.43. The van der Waals surface area contributed by atoms with Gasteiger partial charge in [0.1, 0.15) is 22.9 Å². The Hall–Kier alpha value is -3.24. The van der Waals surface area contributed by atoms with Crippen molar-refractivity contribution >= 4 is 21.6 Å². The summed E-state index contributed by atoms with van der Waals surface area (Å²) in [5, 5.41) is 0. The SMILES string of the molecule is COc1ccc(C(=O)OCc2cc(=O)n3cc(C)ccc3n2)cc1S(=O)(=O)N1CC(C)CC(C)C1. The van der Waals surface area contributed by atoms with E-state index < -0.39 is 16.0 Å². The Morgan fingerprint density at radius 2 is 1.83 bits per heavy atom. The van der Waals surface area contributed by atoms with Gasteiger partial charge in [-0.05, 0) is 55.0 Å². The summed E-state index contributed by atoms with van der Waals surface area (Å²) in [5.74, 6) is -0.104. The van der Waals surface area contributed by atoms with Crippen LogP contribution in [0.3, 0.4) is 0 Å². The van der Waals surface area contributed by atoms with Gasteiger partial charge in [-0.1, -0.05) is 19.9 Å². The summed E-state index contributed by atoms with van der Waals surface area (Å²) in [6.07, 6.45) is 2.64. The molecule has 4 rings (SSSR count). The number of methoxy groups -OCH3 is 1. The lowest BCUT2D eigenvalue weighted by molar-refractivity contribution is 0.0467. The van der Waals surface area contributed by atoms with Crippen LogP contribution in [0.1, 0.15) is 41.9 Å². The number of fused-ring (bicyclic) bond motifs is 1. The highest BCUT2D eigenvalue weighted by Gasteiger charge is 2.34. The highest BCUT2D eigenvalue weighted by Crippen LogP contribution is 2.32. The van der Waals surface area contributed by atoms with Gasteiger partial charge in [0.05, 0.1) is 18.4 Å². The lowest BCUT2D eigenvalue weighted by atomic mass is 9.94. The number of aryl methyl sites for hydroxylation is 1. The molecule has 0 saturated carbocycles. The lowest BCUT2D eigenvalue weighted by Crippen LogP contribution is -2.42. The number of esters is 1. The van der Waals surface area contributed by atoms with E-state index in [0.29, 0.717) is 24.4 Å². The fraction of sp³-hybridized carbons (Fsp3) is 0.400. The summed E-state index contributed by atoms with van der Waals surface area (Å²) in [7, 11) is -2.50. The minimum atomic E-state index is -3.88. The topological polar surface area (TPSA) is 107 Å². The summed E-state index contributed by atoms with van der Waals surface area (Å²) >= 11 is 0. The Bertz CT molecular complexity index is 1420. The van der Waals surface area contributed by atoms with Crippen molar-refractivity contribution in [1.29, 1.82) is 0 Å². The fourth-order valence-electron chi connectivity index (χ4n) is 4.50. The second-order valence-electron chi connectivity index (χ2n) is 9.23. The zero-order chi connectivity index (χ0) is 25.3. The van der Waals surface area contributed by atoms with Gasteiger partial charge in [0.2, 0.25) is 10.0 Å². The summed E-state index contributed by atoms with van der Waals surface area (Å²) < 4.78 is 40.4. The van der Waals surface area contributed by atoms with Crippen LogP contribution < -0.4 is 10.3 Å². The van der Waals surface area contributed by atoms with E-state index in [2.05, 4.69) is 4.98 Å². The largest absolute Gasteiger partial charge is 0.495 e. The molecule has 0 radical (unpaired) electrons. The molecular formula is C25H29N3O6S. The van der Waals surface area contributed by atoms with E-state index in [1.807, 2.05) is 26.8 Å². The molecule has 0 N–H and O–H groups in total. The van der Waals surface area contributed by atoms with Gasteiger partial charge in [0, 0.05) is 25.4 Å². The van der Waals surface area contributed by atoms with Crippen molar-refractivity contribution in [2.75, 3.05) is 20.2 Å². The number of hydrogen-bond donors (Lipinski definition) is 0.